The summed E-state index contributed by atoms with van der Waals surface area (Å²) >= 11 is 0. The van der Waals surface area contributed by atoms with Gasteiger partial charge in [0, 0.05) is 12.1 Å². The van der Waals surface area contributed by atoms with Crippen LogP contribution >= 0.6 is 0 Å². The smallest absolute Gasteiger partial charge is 0.288 e. The molecule has 4 heterocycles. The molecule has 0 radical (unpaired) electrons. The monoisotopic (exact) mass is 476 g/mol. The largest absolute Gasteiger partial charge is 0.507 e. The van der Waals surface area contributed by atoms with E-state index in [0.717, 1.165) is 22.4 Å². The summed E-state index contributed by atoms with van der Waals surface area (Å²) in [5, 5.41) is 29.3. The second-order valence-electron chi connectivity index (χ2n) is 7.42. The summed E-state index contributed by atoms with van der Waals surface area (Å²) < 4.78 is 1.46. The Morgan fingerprint density at radius 2 is 1.34 bits per heavy atom. The lowest BCUT2D eigenvalue weighted by atomic mass is 10.2. The minimum absolute atomic E-state index is 0.00231. The number of benzene rings is 1. The molecule has 0 bridgehead atoms. The van der Waals surface area contributed by atoms with E-state index in [4.69, 9.17) is 4.84 Å². The topological polar surface area (TPSA) is 165 Å². The first-order valence-electron chi connectivity index (χ1n) is 10.3. The fourth-order valence-electron chi connectivity index (χ4n) is 3.38. The molecule has 35 heavy (non-hydrogen) atoms. The Labute approximate surface area is 196 Å². The third-order valence-corrected chi connectivity index (χ3v) is 5.07. The zero-order valence-electron chi connectivity index (χ0n) is 18.7. The summed E-state index contributed by atoms with van der Waals surface area (Å²) in [6.45, 7) is 3.60. The summed E-state index contributed by atoms with van der Waals surface area (Å²) in [5.41, 5.74) is 1.05. The molecular weight excluding hydrogens is 456 g/mol. The average Bonchev–Trinajstić information content (AvgIpc) is 2.83. The van der Waals surface area contributed by atoms with Crippen LogP contribution in [0.4, 0.5) is 0 Å². The molecule has 12 heteroatoms. The fourth-order valence-corrected chi connectivity index (χ4v) is 3.38. The molecule has 12 nitrogen and oxygen atoms in total. The van der Waals surface area contributed by atoms with Gasteiger partial charge in [-0.25, -0.2) is 19.9 Å². The fraction of sp³-hybridized carbons (Fsp3) is 0.130. The number of aryl methyl sites for hydroxylation is 2. The Morgan fingerprint density at radius 1 is 0.800 bits per heavy atom. The maximum absolute atomic E-state index is 12.0. The number of rotatable bonds is 3. The molecule has 0 amide bonds. The lowest BCUT2D eigenvalue weighted by Gasteiger charge is -2.12. The van der Waals surface area contributed by atoms with E-state index in [-0.39, 0.29) is 34.8 Å². The van der Waals surface area contributed by atoms with E-state index in [1.165, 1.54) is 12.7 Å². The van der Waals surface area contributed by atoms with Gasteiger partial charge in [0.05, 0.1) is 22.2 Å². The van der Waals surface area contributed by atoms with E-state index in [1.54, 1.807) is 13.8 Å². The van der Waals surface area contributed by atoms with Gasteiger partial charge in [0.25, 0.3) is 11.1 Å². The molecule has 5 aromatic rings. The van der Waals surface area contributed by atoms with Crippen molar-refractivity contribution >= 4 is 22.1 Å². The zero-order chi connectivity index (χ0) is 25.1. The maximum Gasteiger partial charge on any atom is 0.288 e. The summed E-state index contributed by atoms with van der Waals surface area (Å²) in [6, 6.07) is 11.5. The molecule has 0 saturated heterocycles. The third-order valence-electron chi connectivity index (χ3n) is 5.07. The van der Waals surface area contributed by atoms with E-state index in [9.17, 15) is 25.0 Å². The van der Waals surface area contributed by atoms with E-state index >= 15 is 0 Å². The molecule has 4 aromatic heterocycles. The molecule has 0 saturated carbocycles. The first-order chi connectivity index (χ1) is 16.8. The predicted molar refractivity (Wildman–Crippen MR) is 124 cm³/mol. The molecule has 3 N–H and O–H groups in total. The highest BCUT2D eigenvalue weighted by atomic mass is 16.7. The first kappa shape index (κ1) is 23.2. The van der Waals surface area contributed by atoms with Crippen molar-refractivity contribution in [3.05, 3.63) is 92.8 Å². The highest BCUT2D eigenvalue weighted by molar-refractivity contribution is 5.84. The van der Waals surface area contributed by atoms with Gasteiger partial charge in [-0.3, -0.25) is 9.59 Å². The van der Waals surface area contributed by atoms with Crippen LogP contribution in [0.2, 0.25) is 0 Å². The molecule has 178 valence electrons. The van der Waals surface area contributed by atoms with Crippen LogP contribution in [-0.2, 0) is 6.61 Å². The van der Waals surface area contributed by atoms with Gasteiger partial charge in [0.2, 0.25) is 0 Å². The van der Waals surface area contributed by atoms with Gasteiger partial charge in [-0.05, 0) is 19.4 Å². The van der Waals surface area contributed by atoms with Gasteiger partial charge in [0.15, 0.2) is 11.3 Å². The SMILES string of the molecule is Cc1ncnc2c1c(O)cc(=O)n2O.Cc1ncnc2c1c(O)cc(=O)n2OCc1ccccc1. The Morgan fingerprint density at radius 3 is 1.97 bits per heavy atom. The van der Waals surface area contributed by atoms with Crippen LogP contribution in [0.25, 0.3) is 22.1 Å². The lowest BCUT2D eigenvalue weighted by molar-refractivity contribution is 0.0975. The van der Waals surface area contributed by atoms with Crippen molar-refractivity contribution < 1.29 is 20.3 Å². The van der Waals surface area contributed by atoms with Crippen LogP contribution in [-0.4, -0.2) is 44.8 Å². The molecule has 0 aliphatic heterocycles. The van der Waals surface area contributed by atoms with Crippen molar-refractivity contribution in [2.75, 3.05) is 0 Å². The molecular formula is C23H20N6O6. The highest BCUT2D eigenvalue weighted by Crippen LogP contribution is 2.23. The first-order valence-corrected chi connectivity index (χ1v) is 10.3. The van der Waals surface area contributed by atoms with Crippen LogP contribution < -0.4 is 16.0 Å². The van der Waals surface area contributed by atoms with Crippen LogP contribution in [0.3, 0.4) is 0 Å². The lowest BCUT2D eigenvalue weighted by Crippen LogP contribution is -2.27. The molecule has 0 atom stereocenters. The van der Waals surface area contributed by atoms with Crippen LogP contribution in [0.15, 0.2) is 64.7 Å². The van der Waals surface area contributed by atoms with Crippen molar-refractivity contribution in [2.45, 2.75) is 20.5 Å². The van der Waals surface area contributed by atoms with Gasteiger partial charge in [0.1, 0.15) is 30.8 Å². The normalized spacial score (nSPS) is 10.7. The number of nitrogens with zero attached hydrogens (tertiary/aromatic N) is 6. The number of pyridine rings is 2. The molecule has 0 spiro atoms. The van der Waals surface area contributed by atoms with Crippen LogP contribution in [0, 0.1) is 13.8 Å². The van der Waals surface area contributed by atoms with Gasteiger partial charge >= 0.3 is 0 Å². The number of aromatic hydroxyl groups is 2. The number of hydrogen-bond donors (Lipinski definition) is 3. The van der Waals surface area contributed by atoms with E-state index in [1.807, 2.05) is 30.3 Å². The van der Waals surface area contributed by atoms with E-state index < -0.39 is 11.1 Å². The molecule has 5 rings (SSSR count). The molecule has 0 fully saturated rings. The van der Waals surface area contributed by atoms with Gasteiger partial charge in [-0.2, -0.15) is 0 Å². The van der Waals surface area contributed by atoms with E-state index in [2.05, 4.69) is 19.9 Å². The minimum Gasteiger partial charge on any atom is -0.507 e. The number of hydrogen-bond acceptors (Lipinski definition) is 10. The standard InChI is InChI=1S/C15H13N3O3.C8H7N3O3/c1-10-14-12(19)7-13(20)18(15(14)17-9-16-10)21-8-11-5-3-2-4-6-11;1-4-7-5(12)2-6(13)11(14)8(7)10-3-9-4/h2-7,9,19H,8H2,1H3;2-3,12,14H,1H3. The quantitative estimate of drug-likeness (QED) is 0.325. The maximum atomic E-state index is 12.0. The van der Waals surface area contributed by atoms with Crippen molar-refractivity contribution in [1.82, 2.24) is 29.4 Å². The number of fused-ring (bicyclic) bond motifs is 2. The van der Waals surface area contributed by atoms with Crippen LogP contribution in [0.1, 0.15) is 17.0 Å². The summed E-state index contributed by atoms with van der Waals surface area (Å²) in [4.78, 5) is 44.2. The molecule has 0 aliphatic rings. The van der Waals surface area contributed by atoms with Crippen molar-refractivity contribution in [3.63, 3.8) is 0 Å². The van der Waals surface area contributed by atoms with Crippen molar-refractivity contribution in [2.24, 2.45) is 0 Å². The summed E-state index contributed by atoms with van der Waals surface area (Å²) in [5.74, 6) is -0.374. The third kappa shape index (κ3) is 4.57. The molecule has 1 aromatic carbocycles. The Kier molecular flexibility index (Phi) is 6.27. The second-order valence-corrected chi connectivity index (χ2v) is 7.42. The molecule has 0 unspecified atom stereocenters. The Hall–Kier alpha value is -5.00. The van der Waals surface area contributed by atoms with Crippen molar-refractivity contribution in [3.8, 4) is 11.5 Å². The highest BCUT2D eigenvalue weighted by Gasteiger charge is 2.13. The van der Waals surface area contributed by atoms with Gasteiger partial charge < -0.3 is 20.3 Å². The second kappa shape index (κ2) is 9.47. The van der Waals surface area contributed by atoms with E-state index in [0.29, 0.717) is 21.5 Å². The summed E-state index contributed by atoms with van der Waals surface area (Å²) in [6.07, 6.45) is 2.54. The zero-order valence-corrected chi connectivity index (χ0v) is 18.7. The minimum atomic E-state index is -0.729. The average molecular weight is 476 g/mol. The van der Waals surface area contributed by atoms with Crippen molar-refractivity contribution in [1.29, 1.82) is 0 Å². The predicted octanol–water partition coefficient (Wildman–Crippen LogP) is 1.48. The Bertz CT molecular complexity index is 1650. The van der Waals surface area contributed by atoms with Gasteiger partial charge in [-0.1, -0.05) is 30.3 Å². The van der Waals surface area contributed by atoms with Crippen LogP contribution in [0.5, 0.6) is 11.5 Å². The molecule has 0 aliphatic carbocycles. The Balaban J connectivity index is 0.000000179. The summed E-state index contributed by atoms with van der Waals surface area (Å²) in [7, 11) is 0. The number of aromatic nitrogens is 6. The van der Waals surface area contributed by atoms with Gasteiger partial charge in [-0.15, -0.1) is 9.46 Å².